The van der Waals surface area contributed by atoms with E-state index >= 15 is 0 Å². The van der Waals surface area contributed by atoms with E-state index in [-0.39, 0.29) is 18.6 Å². The number of carbonyl (C=O) groups excluding carboxylic acids is 2. The highest BCUT2D eigenvalue weighted by atomic mass is 16.5. The van der Waals surface area contributed by atoms with Crippen LogP contribution in [0.1, 0.15) is 20.8 Å². The monoisotopic (exact) mass is 462 g/mol. The molecule has 0 fully saturated rings. The Kier molecular flexibility index (Phi) is 9.18. The van der Waals surface area contributed by atoms with Gasteiger partial charge in [0.2, 0.25) is 0 Å². The molecule has 1 aliphatic rings. The molecule has 2 rings (SSSR count). The van der Waals surface area contributed by atoms with Gasteiger partial charge in [-0.15, -0.1) is 6.58 Å². The summed E-state index contributed by atoms with van der Waals surface area (Å²) in [5.74, 6) is -0.772. The largest absolute Gasteiger partial charge is 0.489 e. The van der Waals surface area contributed by atoms with Gasteiger partial charge in [0.1, 0.15) is 36.7 Å². The normalized spacial score (nSPS) is 20.3. The van der Waals surface area contributed by atoms with E-state index in [1.54, 1.807) is 36.4 Å². The average Bonchev–Trinajstić information content (AvgIpc) is 2.89. The van der Waals surface area contributed by atoms with E-state index in [0.717, 1.165) is 0 Å². The number of benzene rings is 1. The number of para-hydroxylation sites is 2. The van der Waals surface area contributed by atoms with E-state index in [1.165, 1.54) is 18.1 Å². The zero-order chi connectivity index (χ0) is 24.8. The Morgan fingerprint density at radius 2 is 1.97 bits per heavy atom. The first kappa shape index (κ1) is 26.5. The van der Waals surface area contributed by atoms with Crippen molar-refractivity contribution in [1.29, 1.82) is 0 Å². The smallest absolute Gasteiger partial charge is 0.253 e. The minimum absolute atomic E-state index is 0.138. The Hall–Kier alpha value is -2.72. The molecule has 1 aromatic carbocycles. The molecule has 0 aromatic heterocycles. The molecule has 9 nitrogen and oxygen atoms in total. The minimum atomic E-state index is -1.75. The van der Waals surface area contributed by atoms with Crippen molar-refractivity contribution < 1.29 is 34.4 Å². The summed E-state index contributed by atoms with van der Waals surface area (Å²) < 4.78 is 10.8. The molecule has 182 valence electrons. The number of carbonyl (C=O) groups is 2. The fourth-order valence-electron chi connectivity index (χ4n) is 3.31. The van der Waals surface area contributed by atoms with Gasteiger partial charge in [0.15, 0.2) is 6.10 Å². The fourth-order valence-corrected chi connectivity index (χ4v) is 3.31. The average molecular weight is 463 g/mol. The number of hydrogen-bond acceptors (Lipinski definition) is 7. The van der Waals surface area contributed by atoms with Crippen LogP contribution in [-0.2, 0) is 14.3 Å². The third-order valence-electron chi connectivity index (χ3n) is 5.07. The van der Waals surface area contributed by atoms with Crippen molar-refractivity contribution >= 4 is 17.5 Å². The summed E-state index contributed by atoms with van der Waals surface area (Å²) in [6, 6.07) is 5.91. The molecule has 4 N–H and O–H groups in total. The number of anilines is 1. The van der Waals surface area contributed by atoms with Crippen LogP contribution in [0.5, 0.6) is 5.75 Å². The second kappa shape index (κ2) is 11.4. The predicted molar refractivity (Wildman–Crippen MR) is 124 cm³/mol. The van der Waals surface area contributed by atoms with Gasteiger partial charge in [0.05, 0.1) is 5.69 Å². The number of aliphatic hydroxyl groups excluding tert-OH is 3. The number of nitrogens with zero attached hydrogens (tertiary/aromatic N) is 1. The predicted octanol–water partition coefficient (Wildman–Crippen LogP) is 0.783. The number of fused-ring (bicyclic) bond motifs is 1. The van der Waals surface area contributed by atoms with Crippen molar-refractivity contribution in [2.24, 2.45) is 5.41 Å². The molecule has 0 aliphatic carbocycles. The van der Waals surface area contributed by atoms with E-state index in [0.29, 0.717) is 11.4 Å². The second-order valence-electron chi connectivity index (χ2n) is 8.93. The van der Waals surface area contributed by atoms with Crippen molar-refractivity contribution in [2.45, 2.75) is 51.2 Å². The van der Waals surface area contributed by atoms with Gasteiger partial charge in [-0.2, -0.15) is 0 Å². The summed E-state index contributed by atoms with van der Waals surface area (Å²) >= 11 is 0. The highest BCUT2D eigenvalue weighted by Gasteiger charge is 2.38. The van der Waals surface area contributed by atoms with Gasteiger partial charge in [-0.3, -0.25) is 9.59 Å². The first-order valence-electron chi connectivity index (χ1n) is 10.7. The van der Waals surface area contributed by atoms with E-state index in [9.17, 15) is 24.9 Å². The topological polar surface area (TPSA) is 129 Å². The van der Waals surface area contributed by atoms with Crippen LogP contribution in [0.2, 0.25) is 0 Å². The number of allylic oxidation sites excluding steroid dienone is 1. The standard InChI is InChI=1S/C24H34N2O7/c1-6-13-26-16-9-7-8-10-18(16)33-14-15(23(26)31)25-22(30)21(32-5)20(29)19(28)17(27)11-12-24(2,3)4/h6-12,15,17,19-21,27-29H,1,13-14H2,2-5H3,(H,25,30)/b12-11+/t15?,17-,19+,20-,21-/m1/s1. The molecular weight excluding hydrogens is 428 g/mol. The highest BCUT2D eigenvalue weighted by molar-refractivity contribution is 6.01. The van der Waals surface area contributed by atoms with Crippen LogP contribution in [-0.4, -0.2) is 77.9 Å². The van der Waals surface area contributed by atoms with Gasteiger partial charge in [-0.25, -0.2) is 0 Å². The number of aliphatic hydroxyl groups is 3. The Bertz CT molecular complexity index is 865. The van der Waals surface area contributed by atoms with Gasteiger partial charge >= 0.3 is 0 Å². The lowest BCUT2D eigenvalue weighted by Crippen LogP contribution is -2.57. The maximum atomic E-state index is 13.1. The molecule has 33 heavy (non-hydrogen) atoms. The Morgan fingerprint density at radius 1 is 1.30 bits per heavy atom. The summed E-state index contributed by atoms with van der Waals surface area (Å²) in [7, 11) is 1.18. The van der Waals surface area contributed by atoms with Gasteiger partial charge in [0.25, 0.3) is 11.8 Å². The molecule has 2 amide bonds. The summed E-state index contributed by atoms with van der Waals surface area (Å²) in [6.45, 7) is 9.46. The van der Waals surface area contributed by atoms with Crippen LogP contribution in [0, 0.1) is 5.41 Å². The lowest BCUT2D eigenvalue weighted by atomic mass is 9.94. The van der Waals surface area contributed by atoms with Gasteiger partial charge < -0.3 is 35.0 Å². The minimum Gasteiger partial charge on any atom is -0.489 e. The van der Waals surface area contributed by atoms with Gasteiger partial charge in [0, 0.05) is 13.7 Å². The first-order valence-corrected chi connectivity index (χ1v) is 10.7. The molecule has 1 heterocycles. The third kappa shape index (κ3) is 6.88. The SMILES string of the molecule is C=CCN1C(=O)C(NC(=O)[C@H](OC)[C@H](O)[C@@H](O)[C@H](O)/C=C/C(C)(C)C)COc2ccccc21. The molecule has 0 radical (unpaired) electrons. The molecule has 9 heteroatoms. The Labute approximate surface area is 194 Å². The van der Waals surface area contributed by atoms with Gasteiger partial charge in [-0.1, -0.05) is 51.1 Å². The lowest BCUT2D eigenvalue weighted by molar-refractivity contribution is -0.150. The van der Waals surface area contributed by atoms with E-state index in [2.05, 4.69) is 11.9 Å². The first-order chi connectivity index (χ1) is 15.5. The second-order valence-corrected chi connectivity index (χ2v) is 8.93. The zero-order valence-electron chi connectivity index (χ0n) is 19.5. The summed E-state index contributed by atoms with van der Waals surface area (Å²) in [5.41, 5.74) is 0.296. The zero-order valence-corrected chi connectivity index (χ0v) is 19.5. The van der Waals surface area contributed by atoms with Crippen LogP contribution in [0.3, 0.4) is 0 Å². The van der Waals surface area contributed by atoms with Crippen molar-refractivity contribution in [2.75, 3.05) is 25.2 Å². The van der Waals surface area contributed by atoms with Crippen molar-refractivity contribution in [3.05, 3.63) is 49.1 Å². The van der Waals surface area contributed by atoms with Crippen molar-refractivity contribution in [3.8, 4) is 5.75 Å². The summed E-state index contributed by atoms with van der Waals surface area (Å²) in [5, 5.41) is 33.6. The summed E-state index contributed by atoms with van der Waals surface area (Å²) in [4.78, 5) is 27.4. The summed E-state index contributed by atoms with van der Waals surface area (Å²) in [6.07, 6.45) is -1.81. The Morgan fingerprint density at radius 3 is 2.58 bits per heavy atom. The number of amides is 2. The van der Waals surface area contributed by atoms with E-state index < -0.39 is 42.3 Å². The maximum absolute atomic E-state index is 13.1. The number of nitrogens with one attached hydrogen (secondary N) is 1. The highest BCUT2D eigenvalue weighted by Crippen LogP contribution is 2.31. The van der Waals surface area contributed by atoms with Crippen LogP contribution >= 0.6 is 0 Å². The van der Waals surface area contributed by atoms with Crippen LogP contribution in [0.15, 0.2) is 49.1 Å². The number of methoxy groups -OCH3 is 1. The molecule has 1 aliphatic heterocycles. The van der Waals surface area contributed by atoms with E-state index in [4.69, 9.17) is 9.47 Å². The molecule has 0 bridgehead atoms. The molecule has 0 saturated carbocycles. The number of rotatable bonds is 9. The molecule has 1 unspecified atom stereocenters. The molecule has 5 atom stereocenters. The van der Waals surface area contributed by atoms with Gasteiger partial charge in [-0.05, 0) is 17.5 Å². The van der Waals surface area contributed by atoms with Crippen molar-refractivity contribution in [1.82, 2.24) is 5.32 Å². The Balaban J connectivity index is 2.15. The number of ether oxygens (including phenoxy) is 2. The molecule has 0 saturated heterocycles. The third-order valence-corrected chi connectivity index (χ3v) is 5.07. The molecule has 1 aromatic rings. The van der Waals surface area contributed by atoms with E-state index in [1.807, 2.05) is 20.8 Å². The maximum Gasteiger partial charge on any atom is 0.253 e. The number of hydrogen-bond donors (Lipinski definition) is 4. The molecular formula is C24H34N2O7. The molecule has 0 spiro atoms. The fraction of sp³-hybridized carbons (Fsp3) is 0.500. The van der Waals surface area contributed by atoms with Crippen LogP contribution in [0.25, 0.3) is 0 Å². The van der Waals surface area contributed by atoms with Crippen LogP contribution < -0.4 is 15.0 Å². The quantitative estimate of drug-likeness (QED) is 0.399. The van der Waals surface area contributed by atoms with Crippen molar-refractivity contribution in [3.63, 3.8) is 0 Å². The van der Waals surface area contributed by atoms with Crippen LogP contribution in [0.4, 0.5) is 5.69 Å². The lowest BCUT2D eigenvalue weighted by Gasteiger charge is -2.29.